The van der Waals surface area contributed by atoms with Crippen LogP contribution in [0.1, 0.15) is 36.5 Å². The predicted molar refractivity (Wildman–Crippen MR) is 93.4 cm³/mol. The summed E-state index contributed by atoms with van der Waals surface area (Å²) >= 11 is 0. The van der Waals surface area contributed by atoms with Crippen molar-refractivity contribution < 1.29 is 9.47 Å². The highest BCUT2D eigenvalue weighted by Crippen LogP contribution is 2.37. The SMILES string of the molecule is Cl.NC1CC(Oc2ccc3c(c2)CCC(c2ccccc2)O3)C1. The van der Waals surface area contributed by atoms with E-state index in [1.54, 1.807) is 0 Å². The van der Waals surface area contributed by atoms with Gasteiger partial charge in [-0.15, -0.1) is 12.4 Å². The number of hydrogen-bond donors (Lipinski definition) is 1. The predicted octanol–water partition coefficient (Wildman–Crippen LogP) is 4.04. The highest BCUT2D eigenvalue weighted by atomic mass is 35.5. The third kappa shape index (κ3) is 3.46. The minimum absolute atomic E-state index is 0. The van der Waals surface area contributed by atoms with Gasteiger partial charge in [-0.2, -0.15) is 0 Å². The van der Waals surface area contributed by atoms with Crippen molar-refractivity contribution in [3.05, 3.63) is 59.7 Å². The first-order valence-electron chi connectivity index (χ1n) is 8.05. The lowest BCUT2D eigenvalue weighted by atomic mass is 9.90. The zero-order valence-corrected chi connectivity index (χ0v) is 13.8. The number of fused-ring (bicyclic) bond motifs is 1. The molecule has 122 valence electrons. The number of hydrogen-bond acceptors (Lipinski definition) is 3. The first-order valence-corrected chi connectivity index (χ1v) is 8.05. The van der Waals surface area contributed by atoms with Crippen molar-refractivity contribution in [1.29, 1.82) is 0 Å². The number of rotatable bonds is 3. The Bertz CT molecular complexity index is 656. The summed E-state index contributed by atoms with van der Waals surface area (Å²) < 4.78 is 12.1. The third-order valence-electron chi connectivity index (χ3n) is 4.58. The fourth-order valence-corrected chi connectivity index (χ4v) is 3.24. The van der Waals surface area contributed by atoms with Gasteiger partial charge in [0, 0.05) is 6.04 Å². The van der Waals surface area contributed by atoms with Crippen molar-refractivity contribution in [1.82, 2.24) is 0 Å². The molecule has 1 fully saturated rings. The highest BCUT2D eigenvalue weighted by Gasteiger charge is 2.28. The van der Waals surface area contributed by atoms with Crippen molar-refractivity contribution in [3.8, 4) is 11.5 Å². The second-order valence-electron chi connectivity index (χ2n) is 6.30. The maximum Gasteiger partial charge on any atom is 0.124 e. The molecule has 23 heavy (non-hydrogen) atoms. The van der Waals surface area contributed by atoms with E-state index in [-0.39, 0.29) is 24.6 Å². The molecule has 2 N–H and O–H groups in total. The fourth-order valence-electron chi connectivity index (χ4n) is 3.24. The van der Waals surface area contributed by atoms with Crippen LogP contribution >= 0.6 is 12.4 Å². The average molecular weight is 332 g/mol. The van der Waals surface area contributed by atoms with E-state index in [0.717, 1.165) is 37.2 Å². The lowest BCUT2D eigenvalue weighted by Gasteiger charge is -2.33. The number of ether oxygens (including phenoxy) is 2. The van der Waals surface area contributed by atoms with Gasteiger partial charge in [-0.25, -0.2) is 0 Å². The number of halogens is 1. The third-order valence-corrected chi connectivity index (χ3v) is 4.58. The highest BCUT2D eigenvalue weighted by molar-refractivity contribution is 5.85. The monoisotopic (exact) mass is 331 g/mol. The Labute approximate surface area is 143 Å². The van der Waals surface area contributed by atoms with Crippen molar-refractivity contribution in [2.24, 2.45) is 5.73 Å². The molecular weight excluding hydrogens is 310 g/mol. The normalized spacial score (nSPS) is 25.3. The molecule has 3 nitrogen and oxygen atoms in total. The van der Waals surface area contributed by atoms with E-state index in [2.05, 4.69) is 30.3 Å². The van der Waals surface area contributed by atoms with E-state index in [4.69, 9.17) is 15.2 Å². The van der Waals surface area contributed by atoms with Crippen LogP contribution in [0, 0.1) is 0 Å². The molecule has 0 bridgehead atoms. The van der Waals surface area contributed by atoms with Crippen LogP contribution in [0.3, 0.4) is 0 Å². The lowest BCUT2D eigenvalue weighted by Crippen LogP contribution is -2.43. The van der Waals surface area contributed by atoms with E-state index >= 15 is 0 Å². The maximum atomic E-state index is 6.16. The summed E-state index contributed by atoms with van der Waals surface area (Å²) in [6.45, 7) is 0. The molecule has 1 aliphatic carbocycles. The Balaban J connectivity index is 0.00000156. The van der Waals surface area contributed by atoms with Gasteiger partial charge in [0.15, 0.2) is 0 Å². The molecule has 1 heterocycles. The Hall–Kier alpha value is -1.71. The van der Waals surface area contributed by atoms with Crippen LogP contribution in [0.2, 0.25) is 0 Å². The van der Waals surface area contributed by atoms with Gasteiger partial charge in [-0.1, -0.05) is 30.3 Å². The topological polar surface area (TPSA) is 44.5 Å². The molecule has 0 amide bonds. The Morgan fingerprint density at radius 1 is 1.04 bits per heavy atom. The zero-order valence-electron chi connectivity index (χ0n) is 13.0. The van der Waals surface area contributed by atoms with E-state index < -0.39 is 0 Å². The average Bonchev–Trinajstić information content (AvgIpc) is 2.54. The quantitative estimate of drug-likeness (QED) is 0.923. The molecule has 2 aromatic carbocycles. The van der Waals surface area contributed by atoms with Crippen molar-refractivity contribution in [2.75, 3.05) is 0 Å². The van der Waals surface area contributed by atoms with E-state index in [0.29, 0.717) is 6.04 Å². The molecule has 4 rings (SSSR count). The minimum atomic E-state index is 0. The molecule has 1 saturated carbocycles. The molecular formula is C19H22ClNO2. The fraction of sp³-hybridized carbons (Fsp3) is 0.368. The molecule has 2 aliphatic rings. The number of nitrogens with two attached hydrogens (primary N) is 1. The molecule has 4 heteroatoms. The smallest absolute Gasteiger partial charge is 0.124 e. The van der Waals surface area contributed by atoms with Gasteiger partial charge >= 0.3 is 0 Å². The van der Waals surface area contributed by atoms with Gasteiger partial charge < -0.3 is 15.2 Å². The zero-order chi connectivity index (χ0) is 14.9. The Morgan fingerprint density at radius 3 is 2.57 bits per heavy atom. The Morgan fingerprint density at radius 2 is 1.83 bits per heavy atom. The molecule has 0 radical (unpaired) electrons. The molecule has 0 spiro atoms. The first-order chi connectivity index (χ1) is 10.8. The van der Waals surface area contributed by atoms with Crippen molar-refractivity contribution >= 4 is 12.4 Å². The van der Waals surface area contributed by atoms with E-state index in [1.807, 2.05) is 18.2 Å². The summed E-state index contributed by atoms with van der Waals surface area (Å²) in [5.74, 6) is 1.93. The van der Waals surface area contributed by atoms with Crippen molar-refractivity contribution in [3.63, 3.8) is 0 Å². The van der Waals surface area contributed by atoms with Crippen LogP contribution in [0.25, 0.3) is 0 Å². The van der Waals surface area contributed by atoms with Crippen LogP contribution in [0.5, 0.6) is 11.5 Å². The Kier molecular flexibility index (Phi) is 4.79. The molecule has 0 saturated heterocycles. The van der Waals surface area contributed by atoms with E-state index in [9.17, 15) is 0 Å². The van der Waals surface area contributed by atoms with Crippen LogP contribution in [-0.2, 0) is 6.42 Å². The second-order valence-corrected chi connectivity index (χ2v) is 6.30. The van der Waals surface area contributed by atoms with Crippen LogP contribution in [-0.4, -0.2) is 12.1 Å². The summed E-state index contributed by atoms with van der Waals surface area (Å²) in [4.78, 5) is 0. The van der Waals surface area contributed by atoms with Crippen LogP contribution in [0.15, 0.2) is 48.5 Å². The molecule has 2 aromatic rings. The molecule has 1 unspecified atom stereocenters. The summed E-state index contributed by atoms with van der Waals surface area (Å²) in [6, 6.07) is 16.9. The summed E-state index contributed by atoms with van der Waals surface area (Å²) in [7, 11) is 0. The standard InChI is InChI=1S/C19H21NO2.ClH/c20-15-11-17(12-15)21-16-7-9-19-14(10-16)6-8-18(22-19)13-4-2-1-3-5-13;/h1-5,7,9-10,15,17-18H,6,8,11-12,20H2;1H. The maximum absolute atomic E-state index is 6.16. The second kappa shape index (κ2) is 6.81. The van der Waals surface area contributed by atoms with Crippen molar-refractivity contribution in [2.45, 2.75) is 43.9 Å². The van der Waals surface area contributed by atoms with Gasteiger partial charge in [-0.05, 0) is 55.0 Å². The lowest BCUT2D eigenvalue weighted by molar-refractivity contribution is 0.100. The largest absolute Gasteiger partial charge is 0.490 e. The summed E-state index contributed by atoms with van der Waals surface area (Å²) in [6.07, 6.45) is 4.40. The molecule has 1 atom stereocenters. The van der Waals surface area contributed by atoms with Gasteiger partial charge in [-0.3, -0.25) is 0 Å². The van der Waals surface area contributed by atoms with Crippen LogP contribution < -0.4 is 15.2 Å². The summed E-state index contributed by atoms with van der Waals surface area (Å²) in [5.41, 5.74) is 8.29. The van der Waals surface area contributed by atoms with Gasteiger partial charge in [0.05, 0.1) is 0 Å². The minimum Gasteiger partial charge on any atom is -0.490 e. The van der Waals surface area contributed by atoms with Crippen LogP contribution in [0.4, 0.5) is 0 Å². The van der Waals surface area contributed by atoms with Gasteiger partial charge in [0.1, 0.15) is 23.7 Å². The number of benzene rings is 2. The molecule has 0 aromatic heterocycles. The number of aryl methyl sites for hydroxylation is 1. The van der Waals surface area contributed by atoms with Gasteiger partial charge in [0.25, 0.3) is 0 Å². The summed E-state index contributed by atoms with van der Waals surface area (Å²) in [5, 5.41) is 0. The molecule has 1 aliphatic heterocycles. The van der Waals surface area contributed by atoms with Gasteiger partial charge in [0.2, 0.25) is 0 Å². The first kappa shape index (κ1) is 16.2. The van der Waals surface area contributed by atoms with E-state index in [1.165, 1.54) is 11.1 Å².